The summed E-state index contributed by atoms with van der Waals surface area (Å²) in [5.41, 5.74) is 5.76. The topological polar surface area (TPSA) is 307 Å². The normalized spacial score (nSPS) is 37.1. The molecule has 3 fully saturated rings. The molecule has 2 aromatic heterocycles. The molecule has 310 valence electrons. The number of aryl methyl sites for hydroxylation is 1. The van der Waals surface area contributed by atoms with Crippen LogP contribution in [0.5, 0.6) is 0 Å². The van der Waals surface area contributed by atoms with Gasteiger partial charge < -0.3 is 58.2 Å². The van der Waals surface area contributed by atoms with Crippen molar-refractivity contribution in [2.45, 2.75) is 76.4 Å². The van der Waals surface area contributed by atoms with E-state index in [0.29, 0.717) is 0 Å². The van der Waals surface area contributed by atoms with Gasteiger partial charge in [-0.05, 0) is 12.2 Å². The van der Waals surface area contributed by atoms with Crippen molar-refractivity contribution in [1.82, 2.24) is 14.5 Å². The monoisotopic (exact) mass is 862 g/mol. The lowest BCUT2D eigenvalue weighted by molar-refractivity contribution is -0.646. The van der Waals surface area contributed by atoms with Gasteiger partial charge in [0.15, 0.2) is 5.90 Å². The zero-order chi connectivity index (χ0) is 41.0. The Morgan fingerprint density at radius 1 is 0.909 bits per heavy atom. The number of phosphoric acid groups is 1. The van der Waals surface area contributed by atoms with Gasteiger partial charge in [0.25, 0.3) is 11.2 Å². The molecule has 3 aliphatic heterocycles. The maximum atomic E-state index is 13.0. The van der Waals surface area contributed by atoms with Gasteiger partial charge in [-0.25, -0.2) is 13.4 Å². The van der Waals surface area contributed by atoms with Crippen LogP contribution in [-0.2, 0) is 57.4 Å². The molecule has 5 rings (SSSR count). The molecule has 55 heavy (non-hydrogen) atoms. The third-order valence-corrected chi connectivity index (χ3v) is 17.3. The van der Waals surface area contributed by atoms with Crippen molar-refractivity contribution in [2.24, 2.45) is 30.7 Å². The van der Waals surface area contributed by atoms with Gasteiger partial charge in [0.05, 0.1) is 45.2 Å². The molecule has 8 N–H and O–H groups in total. The van der Waals surface area contributed by atoms with E-state index in [2.05, 4.69) is 20.6 Å². The number of nitrogen functional groups attached to an aromatic ring is 1. The Hall–Kier alpha value is -1.25. The fraction of sp³-hybridized carbons (Fsp3) is 0.778. The lowest BCUT2D eigenvalue weighted by atomic mass is 9.86. The average molecular weight is 862 g/mol. The standard InChI is InChI=1S/C27H49B2N5O17P4/c1-12-13(2)26(34-10-33(5)19-24(34)31-27(30)32-25(19)36)49-16(12)7-46-55(42,43)51-54(40,41)11-53(38,39)45-9-18-21(15(4)23(29)48-18)50-52(6,37)44-8-17-20(35)14(3)22(28)47-17/h10,12-18,20-23,26,35H,6-9,11,28-29H2,1-5H3,(H6-,30,31,32,36,37,38,39,40,41,42,43)/p+1. The first-order chi connectivity index (χ1) is 25.3. The highest BCUT2D eigenvalue weighted by molar-refractivity contribution is 7.74. The molecule has 0 aliphatic carbocycles. The maximum Gasteiger partial charge on any atom is 0.479 e. The van der Waals surface area contributed by atoms with Crippen LogP contribution in [0.25, 0.3) is 11.2 Å². The molecule has 0 radical (unpaired) electrons. The second-order valence-electron chi connectivity index (χ2n) is 14.6. The number of aromatic amines is 1. The predicted octanol–water partition coefficient (Wildman–Crippen LogP) is -1.28. The summed E-state index contributed by atoms with van der Waals surface area (Å²) in [7, 11) is -14.4. The second kappa shape index (κ2) is 16.8. The Morgan fingerprint density at radius 3 is 2.15 bits per heavy atom. The van der Waals surface area contributed by atoms with Gasteiger partial charge in [-0.2, -0.15) is 9.55 Å². The minimum absolute atomic E-state index is 0.110. The summed E-state index contributed by atoms with van der Waals surface area (Å²) in [6, 6.07) is -0.723. The van der Waals surface area contributed by atoms with Crippen molar-refractivity contribution in [1.29, 1.82) is 0 Å². The lowest BCUT2D eigenvalue weighted by Gasteiger charge is -2.29. The van der Waals surface area contributed by atoms with Gasteiger partial charge >= 0.3 is 28.6 Å². The van der Waals surface area contributed by atoms with Gasteiger partial charge in [0, 0.05) is 29.8 Å². The van der Waals surface area contributed by atoms with Crippen LogP contribution in [0.3, 0.4) is 0 Å². The minimum Gasteiger partial charge on any atom is -0.390 e. The molecule has 3 aliphatic rings. The number of phosphoric ester groups is 1. The third kappa shape index (κ3) is 10.5. The van der Waals surface area contributed by atoms with Gasteiger partial charge in [-0.1, -0.05) is 27.7 Å². The molecule has 28 heteroatoms. The van der Waals surface area contributed by atoms with E-state index in [1.54, 1.807) is 47.5 Å². The summed E-state index contributed by atoms with van der Waals surface area (Å²) in [4.78, 5) is 61.2. The number of imidazole rings is 1. The number of rotatable bonds is 16. The Balaban J connectivity index is 1.14. The Labute approximate surface area is 318 Å². The number of aromatic nitrogens is 4. The number of hydrogen-bond donors (Lipinski definition) is 7. The number of aliphatic hydroxyl groups is 1. The largest absolute Gasteiger partial charge is 0.479 e. The molecule has 0 amide bonds. The fourth-order valence-electron chi connectivity index (χ4n) is 6.85. The molecule has 2 aromatic rings. The summed E-state index contributed by atoms with van der Waals surface area (Å²) in [6.45, 7) is 5.70. The van der Waals surface area contributed by atoms with E-state index >= 15 is 0 Å². The summed E-state index contributed by atoms with van der Waals surface area (Å²) in [6.07, 6.45) is 0.0465. The van der Waals surface area contributed by atoms with Gasteiger partial charge in [0.2, 0.25) is 26.1 Å². The molecule has 0 spiro atoms. The number of nitrogens with two attached hydrogens (primary N) is 1. The van der Waals surface area contributed by atoms with Crippen molar-refractivity contribution in [3.63, 3.8) is 0 Å². The zero-order valence-electron chi connectivity index (χ0n) is 31.4. The molecular weight excluding hydrogens is 812 g/mol. The molecule has 0 saturated carbocycles. The number of nitrogens with zero attached hydrogens (tertiary/aromatic N) is 3. The first-order valence-corrected chi connectivity index (χ1v) is 24.2. The van der Waals surface area contributed by atoms with Crippen LogP contribution in [-0.4, -0.2) is 129 Å². The van der Waals surface area contributed by atoms with Crippen LogP contribution >= 0.6 is 30.6 Å². The first kappa shape index (κ1) is 44.8. The maximum absolute atomic E-state index is 13.0. The number of anilines is 1. The fourth-order valence-corrected chi connectivity index (χ4v) is 13.0. The number of nitrogens with one attached hydrogen (secondary N) is 1. The number of aliphatic hydroxyl groups excluding tert-OH is 1. The van der Waals surface area contributed by atoms with Crippen LogP contribution in [0.15, 0.2) is 11.1 Å². The molecule has 0 aromatic carbocycles. The number of H-pyrrole nitrogens is 1. The average Bonchev–Trinajstić information content (AvgIpc) is 3.71. The van der Waals surface area contributed by atoms with E-state index < -0.39 is 104 Å². The van der Waals surface area contributed by atoms with E-state index in [0.717, 1.165) is 0 Å². The smallest absolute Gasteiger partial charge is 0.390 e. The van der Waals surface area contributed by atoms with Crippen molar-refractivity contribution < 1.29 is 79.6 Å². The Morgan fingerprint density at radius 2 is 1.51 bits per heavy atom. The SMILES string of the molecule is BC1OC(COP(=C)(O)OC2C(COP(=O)(O)CP(=O)(O)OP(=O)(O)OCC3OC(n4c[n+](C)c5c(=O)[nH]c(N)nc54)C(C)C3C)OC(B)C2C)C(O)C1C. The van der Waals surface area contributed by atoms with Crippen molar-refractivity contribution >= 4 is 69.7 Å². The van der Waals surface area contributed by atoms with Gasteiger partial charge in [-0.3, -0.25) is 23.4 Å². The molecule has 0 bridgehead atoms. The third-order valence-electron chi connectivity index (χ3n) is 10.5. The number of fused-ring (bicyclic) bond motifs is 1. The summed E-state index contributed by atoms with van der Waals surface area (Å²) in [5, 5.41) is 10.4. The van der Waals surface area contributed by atoms with Crippen molar-refractivity contribution in [2.75, 3.05) is 31.5 Å². The highest BCUT2D eigenvalue weighted by atomic mass is 31.3. The van der Waals surface area contributed by atoms with E-state index in [-0.39, 0.29) is 47.5 Å². The van der Waals surface area contributed by atoms with Gasteiger partial charge in [0.1, 0.15) is 27.9 Å². The quantitative estimate of drug-likeness (QED) is 0.0587. The number of hydrogen-bond acceptors (Lipinski definition) is 16. The molecule has 5 heterocycles. The van der Waals surface area contributed by atoms with E-state index in [1.807, 2.05) is 13.8 Å². The highest BCUT2D eigenvalue weighted by Gasteiger charge is 2.48. The number of ether oxygens (including phenoxy) is 3. The van der Waals surface area contributed by atoms with Crippen LogP contribution in [0.1, 0.15) is 33.9 Å². The van der Waals surface area contributed by atoms with Crippen LogP contribution in [0.2, 0.25) is 0 Å². The van der Waals surface area contributed by atoms with Gasteiger partial charge in [-0.15, -0.1) is 0 Å². The first-order valence-electron chi connectivity index (χ1n) is 17.5. The summed E-state index contributed by atoms with van der Waals surface area (Å²) < 4.78 is 85.2. The molecule has 3 saturated heterocycles. The highest BCUT2D eigenvalue weighted by Crippen LogP contribution is 2.66. The molecule has 16 atom stereocenters. The minimum atomic E-state index is -5.33. The Bertz CT molecular complexity index is 1980. The second-order valence-corrected chi connectivity index (χ2v) is 22.1. The summed E-state index contributed by atoms with van der Waals surface area (Å²) >= 11 is 0. The molecule has 22 nitrogen and oxygen atoms in total. The van der Waals surface area contributed by atoms with E-state index in [1.165, 1.54) is 4.57 Å². The van der Waals surface area contributed by atoms with Crippen molar-refractivity contribution in [3.05, 3.63) is 16.7 Å². The van der Waals surface area contributed by atoms with Crippen LogP contribution < -0.4 is 15.9 Å². The van der Waals surface area contributed by atoms with Crippen LogP contribution in [0.4, 0.5) is 5.95 Å². The van der Waals surface area contributed by atoms with Crippen LogP contribution in [0, 0.1) is 23.7 Å². The van der Waals surface area contributed by atoms with Crippen molar-refractivity contribution in [3.8, 4) is 0 Å². The van der Waals surface area contributed by atoms with E-state index in [4.69, 9.17) is 38.0 Å². The Kier molecular flexibility index (Phi) is 13.7. The molecule has 16 unspecified atom stereocenters. The summed E-state index contributed by atoms with van der Waals surface area (Å²) in [5.74, 6) is -2.83. The lowest BCUT2D eigenvalue weighted by Crippen LogP contribution is -2.33. The predicted molar refractivity (Wildman–Crippen MR) is 201 cm³/mol. The molecular formula is C27H50B2N5O17P4+. The zero-order valence-corrected chi connectivity index (χ0v) is 35.0. The van der Waals surface area contributed by atoms with E-state index in [9.17, 15) is 43.2 Å².